The Balaban J connectivity index is 0. The number of aliphatic hydroxyl groups is 2. The molecule has 0 aromatic rings. The maximum absolute atomic E-state index is 8.53. The second kappa shape index (κ2) is 5.71. The van der Waals surface area contributed by atoms with E-state index in [2.05, 4.69) is 0 Å². The monoisotopic (exact) mass is 149 g/mol. The minimum Gasteiger partial charge on any atom is -0.391 e. The lowest BCUT2D eigenvalue weighted by atomic mass is 10.4. The van der Waals surface area contributed by atoms with Gasteiger partial charge in [0, 0.05) is 0 Å². The highest BCUT2D eigenvalue weighted by Gasteiger charge is 2.11. The molecule has 0 bridgehead atoms. The molecule has 0 amide bonds. The van der Waals surface area contributed by atoms with Crippen molar-refractivity contribution in [2.75, 3.05) is 40.4 Å². The lowest BCUT2D eigenvalue weighted by Crippen LogP contribution is -2.43. The van der Waals surface area contributed by atoms with Gasteiger partial charge in [0.25, 0.3) is 0 Å². The van der Waals surface area contributed by atoms with Crippen LogP contribution in [-0.2, 0) is 0 Å². The Morgan fingerprint density at radius 3 is 1.50 bits per heavy atom. The standard InChI is InChI=1S/C6H16NO2.BH4/c1-7(2,3-5-8)4-6-9;/h8-9H,3-6H2,1-2H3;1H4/q+1;-1. The van der Waals surface area contributed by atoms with Crippen molar-refractivity contribution in [1.82, 2.24) is 0 Å². The summed E-state index contributed by atoms with van der Waals surface area (Å²) < 4.78 is 0.688. The van der Waals surface area contributed by atoms with Crippen molar-refractivity contribution in [2.45, 2.75) is 0 Å². The van der Waals surface area contributed by atoms with Gasteiger partial charge in [-0.25, -0.2) is 0 Å². The van der Waals surface area contributed by atoms with Gasteiger partial charge in [-0.2, -0.15) is 0 Å². The van der Waals surface area contributed by atoms with E-state index in [-0.39, 0.29) is 21.6 Å². The lowest BCUT2D eigenvalue weighted by Gasteiger charge is -2.27. The minimum atomic E-state index is 0. The van der Waals surface area contributed by atoms with Gasteiger partial charge >= 0.3 is 0 Å². The maximum Gasteiger partial charge on any atom is 0.102 e. The van der Waals surface area contributed by atoms with Crippen molar-refractivity contribution in [3.05, 3.63) is 0 Å². The first-order valence-electron chi connectivity index (χ1n) is 3.16. The van der Waals surface area contributed by atoms with E-state index in [1.54, 1.807) is 0 Å². The van der Waals surface area contributed by atoms with Crippen LogP contribution in [0.4, 0.5) is 0 Å². The highest BCUT2D eigenvalue weighted by atomic mass is 16.3. The van der Waals surface area contributed by atoms with Crippen LogP contribution in [0.25, 0.3) is 0 Å². The average molecular weight is 149 g/mol. The number of aliphatic hydroxyl groups excluding tert-OH is 2. The Labute approximate surface area is 64.4 Å². The molecule has 3 nitrogen and oxygen atoms in total. The first kappa shape index (κ1) is 12.6. The van der Waals surface area contributed by atoms with Crippen LogP contribution in [0, 0.1) is 0 Å². The quantitative estimate of drug-likeness (QED) is 0.345. The molecule has 0 aliphatic carbocycles. The van der Waals surface area contributed by atoms with Crippen molar-refractivity contribution in [3.8, 4) is 0 Å². The molecular formula is C6H20BNO2. The molecule has 0 unspecified atom stereocenters. The highest BCUT2D eigenvalue weighted by molar-refractivity contribution is 5.75. The first-order chi connectivity index (χ1) is 4.12. The summed E-state index contributed by atoms with van der Waals surface area (Å²) in [6.07, 6.45) is 0. The van der Waals surface area contributed by atoms with Crippen LogP contribution in [0.3, 0.4) is 0 Å². The Hall–Kier alpha value is -0.0551. The molecule has 2 N–H and O–H groups in total. The Morgan fingerprint density at radius 2 is 1.30 bits per heavy atom. The molecule has 4 heteroatoms. The molecule has 64 valence electrons. The Bertz CT molecular complexity index is 70.1. The zero-order valence-electron chi connectivity index (χ0n) is 6.17. The number of rotatable bonds is 4. The van der Waals surface area contributed by atoms with Crippen LogP contribution < -0.4 is 0 Å². The third-order valence-corrected chi connectivity index (χ3v) is 1.41. The summed E-state index contributed by atoms with van der Waals surface area (Å²) in [5, 5.41) is 17.1. The molecule has 0 aliphatic rings. The molecule has 0 saturated carbocycles. The zero-order valence-corrected chi connectivity index (χ0v) is 6.17. The number of nitrogens with zero attached hydrogens (tertiary/aromatic N) is 1. The van der Waals surface area contributed by atoms with Crippen LogP contribution in [0.1, 0.15) is 0 Å². The maximum atomic E-state index is 8.53. The summed E-state index contributed by atoms with van der Waals surface area (Å²) in [6, 6.07) is 0. The molecule has 0 aromatic heterocycles. The normalized spacial score (nSPS) is 10.8. The molecule has 0 aromatic carbocycles. The van der Waals surface area contributed by atoms with Gasteiger partial charge in [-0.05, 0) is 0 Å². The molecule has 0 rings (SSSR count). The van der Waals surface area contributed by atoms with Gasteiger partial charge in [0.15, 0.2) is 0 Å². The van der Waals surface area contributed by atoms with Gasteiger partial charge in [-0.15, -0.1) is 0 Å². The molecule has 0 heterocycles. The third-order valence-electron chi connectivity index (χ3n) is 1.41. The van der Waals surface area contributed by atoms with Crippen LogP contribution in [-0.4, -0.2) is 63.5 Å². The molecule has 0 saturated heterocycles. The van der Waals surface area contributed by atoms with E-state index in [9.17, 15) is 0 Å². The fourth-order valence-electron chi connectivity index (χ4n) is 0.653. The van der Waals surface area contributed by atoms with Crippen molar-refractivity contribution in [3.63, 3.8) is 0 Å². The number of hydrogen-bond donors (Lipinski definition) is 2. The van der Waals surface area contributed by atoms with E-state index in [4.69, 9.17) is 10.2 Å². The molecule has 0 radical (unpaired) electrons. The van der Waals surface area contributed by atoms with Gasteiger partial charge in [-0.3, -0.25) is 0 Å². The number of quaternary nitrogens is 1. The fourth-order valence-corrected chi connectivity index (χ4v) is 0.653. The van der Waals surface area contributed by atoms with Gasteiger partial charge in [-0.1, -0.05) is 8.41 Å². The minimum absolute atomic E-state index is 0. The summed E-state index contributed by atoms with van der Waals surface area (Å²) in [4.78, 5) is 0. The average Bonchev–Trinajstić information content (AvgIpc) is 1.64. The largest absolute Gasteiger partial charge is 0.391 e. The highest BCUT2D eigenvalue weighted by Crippen LogP contribution is 1.92. The Kier molecular flexibility index (Phi) is 7.20. The fraction of sp³-hybridized carbons (Fsp3) is 1.00. The SMILES string of the molecule is C[N+](C)(CCO)CCO.[BH4-]. The van der Waals surface area contributed by atoms with Crippen LogP contribution in [0.15, 0.2) is 0 Å². The third kappa shape index (κ3) is 6.07. The van der Waals surface area contributed by atoms with Gasteiger partial charge in [0.1, 0.15) is 13.1 Å². The second-order valence-corrected chi connectivity index (χ2v) is 2.83. The predicted molar refractivity (Wildman–Crippen MR) is 47.3 cm³/mol. The summed E-state index contributed by atoms with van der Waals surface area (Å²) in [7, 11) is 3.96. The second-order valence-electron chi connectivity index (χ2n) is 2.83. The van der Waals surface area contributed by atoms with Crippen LogP contribution in [0.2, 0.25) is 0 Å². The van der Waals surface area contributed by atoms with E-state index in [0.29, 0.717) is 17.6 Å². The number of likely N-dealkylation sites (N-methyl/N-ethyl adjacent to an activating group) is 1. The summed E-state index contributed by atoms with van der Waals surface area (Å²) in [5.41, 5.74) is 0. The number of hydrogen-bond acceptors (Lipinski definition) is 2. The van der Waals surface area contributed by atoms with E-state index < -0.39 is 0 Å². The molecule has 0 fully saturated rings. The zero-order chi connectivity index (χ0) is 7.33. The van der Waals surface area contributed by atoms with Crippen molar-refractivity contribution in [1.29, 1.82) is 0 Å². The van der Waals surface area contributed by atoms with Gasteiger partial charge in [0.2, 0.25) is 0 Å². The molecule has 0 atom stereocenters. The van der Waals surface area contributed by atoms with Gasteiger partial charge in [0.05, 0.1) is 27.3 Å². The Morgan fingerprint density at radius 1 is 1.00 bits per heavy atom. The topological polar surface area (TPSA) is 40.5 Å². The predicted octanol–water partition coefficient (Wildman–Crippen LogP) is -2.40. The molecular weight excluding hydrogens is 129 g/mol. The van der Waals surface area contributed by atoms with E-state index >= 15 is 0 Å². The molecule has 0 spiro atoms. The lowest BCUT2D eigenvalue weighted by molar-refractivity contribution is -0.890. The smallest absolute Gasteiger partial charge is 0.102 e. The van der Waals surface area contributed by atoms with E-state index in [1.807, 2.05) is 14.1 Å². The summed E-state index contributed by atoms with van der Waals surface area (Å²) in [5.74, 6) is 0. The van der Waals surface area contributed by atoms with Crippen molar-refractivity contribution in [2.24, 2.45) is 0 Å². The van der Waals surface area contributed by atoms with Crippen LogP contribution in [0.5, 0.6) is 0 Å². The van der Waals surface area contributed by atoms with Crippen LogP contribution >= 0.6 is 0 Å². The molecule has 0 aliphatic heterocycles. The van der Waals surface area contributed by atoms with E-state index in [1.165, 1.54) is 0 Å². The van der Waals surface area contributed by atoms with E-state index in [0.717, 1.165) is 0 Å². The van der Waals surface area contributed by atoms with Crippen molar-refractivity contribution >= 4 is 8.41 Å². The first-order valence-corrected chi connectivity index (χ1v) is 3.16. The van der Waals surface area contributed by atoms with Crippen molar-refractivity contribution < 1.29 is 14.7 Å². The molecule has 10 heavy (non-hydrogen) atoms. The van der Waals surface area contributed by atoms with Gasteiger partial charge < -0.3 is 14.7 Å². The summed E-state index contributed by atoms with van der Waals surface area (Å²) >= 11 is 0. The summed E-state index contributed by atoms with van der Waals surface area (Å²) in [6.45, 7) is 1.79.